The van der Waals surface area contributed by atoms with E-state index in [1.165, 1.54) is 0 Å². The van der Waals surface area contributed by atoms with E-state index in [1.54, 1.807) is 26.2 Å². The third-order valence-electron chi connectivity index (χ3n) is 6.86. The molecule has 1 fully saturated rings. The van der Waals surface area contributed by atoms with E-state index in [1.807, 2.05) is 43.9 Å². The summed E-state index contributed by atoms with van der Waals surface area (Å²) < 4.78 is 5.34. The number of aryl methyl sites for hydroxylation is 3. The molecule has 34 heavy (non-hydrogen) atoms. The number of carbonyl (C=O) groups is 3. The van der Waals surface area contributed by atoms with Gasteiger partial charge in [0.25, 0.3) is 0 Å². The average Bonchev–Trinajstić information content (AvgIpc) is 2.79. The number of nitrogens with zero attached hydrogens (tertiary/aromatic N) is 1. The third-order valence-corrected chi connectivity index (χ3v) is 6.86. The molecule has 0 saturated heterocycles. The first-order valence-corrected chi connectivity index (χ1v) is 11.7. The van der Waals surface area contributed by atoms with Crippen molar-refractivity contribution in [3.8, 4) is 5.75 Å². The van der Waals surface area contributed by atoms with Crippen LogP contribution in [0.1, 0.15) is 65.2 Å². The lowest BCUT2D eigenvalue weighted by Gasteiger charge is -2.36. The summed E-state index contributed by atoms with van der Waals surface area (Å²) in [5.74, 6) is -0.339. The van der Waals surface area contributed by atoms with Crippen LogP contribution in [0.5, 0.6) is 5.75 Å². The molecule has 7 heteroatoms. The van der Waals surface area contributed by atoms with Crippen LogP contribution in [0.3, 0.4) is 0 Å². The van der Waals surface area contributed by atoms with Crippen molar-refractivity contribution in [2.45, 2.75) is 66.0 Å². The second-order valence-corrected chi connectivity index (χ2v) is 9.22. The highest BCUT2D eigenvalue weighted by Gasteiger charge is 2.31. The number of ether oxygens (including phenoxy) is 1. The highest BCUT2D eigenvalue weighted by Crippen LogP contribution is 2.31. The first-order chi connectivity index (χ1) is 16.1. The van der Waals surface area contributed by atoms with Crippen LogP contribution in [0.15, 0.2) is 30.3 Å². The molecule has 0 aliphatic heterocycles. The summed E-state index contributed by atoms with van der Waals surface area (Å²) in [4.78, 5) is 38.6. The van der Waals surface area contributed by atoms with Crippen molar-refractivity contribution < 1.29 is 24.2 Å². The standard InChI is InChI=1S/C27H34N2O5/c1-16-6-9-22(14-25(16)34-5)28-26(31)20-7-10-23(11-8-20)29(19(4)30)15-24-17(2)12-21(27(32)33)13-18(24)3/h6,9,12-14,20,23H,7-8,10-11,15H2,1-5H3,(H,28,31)(H,32,33). The fourth-order valence-corrected chi connectivity index (χ4v) is 4.83. The molecule has 1 saturated carbocycles. The van der Waals surface area contributed by atoms with E-state index in [0.29, 0.717) is 19.4 Å². The van der Waals surface area contributed by atoms with Crippen molar-refractivity contribution in [1.82, 2.24) is 4.90 Å². The maximum absolute atomic E-state index is 12.8. The molecular formula is C27H34N2O5. The molecule has 2 amide bonds. The molecule has 0 atom stereocenters. The molecule has 0 heterocycles. The van der Waals surface area contributed by atoms with Gasteiger partial charge in [0.1, 0.15) is 5.75 Å². The lowest BCUT2D eigenvalue weighted by Crippen LogP contribution is -2.42. The maximum atomic E-state index is 12.8. The fraction of sp³-hybridized carbons (Fsp3) is 0.444. The van der Waals surface area contributed by atoms with E-state index in [0.717, 1.165) is 46.5 Å². The van der Waals surface area contributed by atoms with Gasteiger partial charge in [-0.05, 0) is 86.9 Å². The van der Waals surface area contributed by atoms with Crippen LogP contribution in [0, 0.1) is 26.7 Å². The predicted molar refractivity (Wildman–Crippen MR) is 131 cm³/mol. The number of carboxylic acids is 1. The second kappa shape index (κ2) is 10.7. The van der Waals surface area contributed by atoms with Gasteiger partial charge in [0.05, 0.1) is 12.7 Å². The highest BCUT2D eigenvalue weighted by molar-refractivity contribution is 5.93. The van der Waals surface area contributed by atoms with Gasteiger partial charge in [-0.1, -0.05) is 6.07 Å². The summed E-state index contributed by atoms with van der Waals surface area (Å²) in [6.45, 7) is 7.73. The number of aromatic carboxylic acids is 1. The van der Waals surface area contributed by atoms with Crippen LogP contribution in [0.25, 0.3) is 0 Å². The quantitative estimate of drug-likeness (QED) is 0.607. The maximum Gasteiger partial charge on any atom is 0.335 e. The van der Waals surface area contributed by atoms with Crippen molar-refractivity contribution in [2.75, 3.05) is 12.4 Å². The Morgan fingerprint density at radius 1 is 1.00 bits per heavy atom. The van der Waals surface area contributed by atoms with Gasteiger partial charge in [-0.2, -0.15) is 0 Å². The second-order valence-electron chi connectivity index (χ2n) is 9.22. The molecule has 1 aliphatic rings. The van der Waals surface area contributed by atoms with E-state index in [-0.39, 0.29) is 29.3 Å². The molecule has 182 valence electrons. The van der Waals surface area contributed by atoms with Crippen LogP contribution < -0.4 is 10.1 Å². The van der Waals surface area contributed by atoms with Crippen LogP contribution in [0.2, 0.25) is 0 Å². The highest BCUT2D eigenvalue weighted by atomic mass is 16.5. The lowest BCUT2D eigenvalue weighted by atomic mass is 9.84. The predicted octanol–water partition coefficient (Wildman–Crippen LogP) is 4.86. The molecule has 0 aromatic heterocycles. The van der Waals surface area contributed by atoms with Crippen molar-refractivity contribution in [2.24, 2.45) is 5.92 Å². The van der Waals surface area contributed by atoms with Gasteiger partial charge in [-0.25, -0.2) is 4.79 Å². The summed E-state index contributed by atoms with van der Waals surface area (Å²) in [5, 5.41) is 12.3. The van der Waals surface area contributed by atoms with E-state index >= 15 is 0 Å². The molecule has 1 aliphatic carbocycles. The van der Waals surface area contributed by atoms with Crippen LogP contribution in [-0.2, 0) is 16.1 Å². The number of benzene rings is 2. The van der Waals surface area contributed by atoms with E-state index in [2.05, 4.69) is 5.32 Å². The van der Waals surface area contributed by atoms with Crippen molar-refractivity contribution in [3.63, 3.8) is 0 Å². The normalized spacial score (nSPS) is 17.7. The van der Waals surface area contributed by atoms with Gasteiger partial charge < -0.3 is 20.1 Å². The summed E-state index contributed by atoms with van der Waals surface area (Å²) in [5.41, 5.74) is 4.69. The summed E-state index contributed by atoms with van der Waals surface area (Å²) in [6, 6.07) is 8.99. The Bertz CT molecular complexity index is 1060. The number of nitrogens with one attached hydrogen (secondary N) is 1. The number of methoxy groups -OCH3 is 1. The first kappa shape index (κ1) is 25.3. The zero-order valence-corrected chi connectivity index (χ0v) is 20.6. The smallest absolute Gasteiger partial charge is 0.335 e. The van der Waals surface area contributed by atoms with E-state index < -0.39 is 5.97 Å². The average molecular weight is 467 g/mol. The Morgan fingerprint density at radius 3 is 2.15 bits per heavy atom. The summed E-state index contributed by atoms with van der Waals surface area (Å²) in [7, 11) is 1.61. The van der Waals surface area contributed by atoms with Crippen molar-refractivity contribution >= 4 is 23.5 Å². The van der Waals surface area contributed by atoms with Gasteiger partial charge in [0.15, 0.2) is 0 Å². The molecular weight excluding hydrogens is 432 g/mol. The van der Waals surface area contributed by atoms with Crippen LogP contribution in [-0.4, -0.2) is 40.9 Å². The molecule has 2 aromatic rings. The Kier molecular flexibility index (Phi) is 7.97. The van der Waals surface area contributed by atoms with Crippen molar-refractivity contribution in [3.05, 3.63) is 58.1 Å². The van der Waals surface area contributed by atoms with Crippen LogP contribution >= 0.6 is 0 Å². The number of carboxylic acid groups (broad SMARTS) is 1. The number of hydrogen-bond acceptors (Lipinski definition) is 4. The number of anilines is 1. The zero-order chi connectivity index (χ0) is 25.0. The number of rotatable bonds is 7. The molecule has 0 unspecified atom stereocenters. The van der Waals surface area contributed by atoms with E-state index in [9.17, 15) is 19.5 Å². The Labute approximate surface area is 201 Å². The van der Waals surface area contributed by atoms with E-state index in [4.69, 9.17) is 4.74 Å². The minimum atomic E-state index is -0.957. The SMILES string of the molecule is COc1cc(NC(=O)C2CCC(N(Cc3c(C)cc(C(=O)O)cc3C)C(C)=O)CC2)ccc1C. The summed E-state index contributed by atoms with van der Waals surface area (Å²) in [6.07, 6.45) is 2.92. The Morgan fingerprint density at radius 2 is 1.62 bits per heavy atom. The molecule has 0 bridgehead atoms. The van der Waals surface area contributed by atoms with Gasteiger partial charge in [-0.3, -0.25) is 9.59 Å². The Balaban J connectivity index is 1.65. The molecule has 3 rings (SSSR count). The largest absolute Gasteiger partial charge is 0.496 e. The minimum absolute atomic E-state index is 0.00493. The van der Waals surface area contributed by atoms with Gasteiger partial charge in [0, 0.05) is 37.2 Å². The van der Waals surface area contributed by atoms with Gasteiger partial charge >= 0.3 is 5.97 Å². The van der Waals surface area contributed by atoms with Gasteiger partial charge in [0.2, 0.25) is 11.8 Å². The number of amides is 2. The fourth-order valence-electron chi connectivity index (χ4n) is 4.83. The van der Waals surface area contributed by atoms with Gasteiger partial charge in [-0.15, -0.1) is 0 Å². The number of carbonyl (C=O) groups excluding carboxylic acids is 2. The molecule has 7 nitrogen and oxygen atoms in total. The first-order valence-electron chi connectivity index (χ1n) is 11.7. The topological polar surface area (TPSA) is 95.9 Å². The monoisotopic (exact) mass is 466 g/mol. The van der Waals surface area contributed by atoms with Crippen molar-refractivity contribution in [1.29, 1.82) is 0 Å². The molecule has 2 N–H and O–H groups in total. The molecule has 0 spiro atoms. The zero-order valence-electron chi connectivity index (χ0n) is 20.6. The molecule has 0 radical (unpaired) electrons. The lowest BCUT2D eigenvalue weighted by molar-refractivity contribution is -0.133. The Hall–Kier alpha value is -3.35. The van der Waals surface area contributed by atoms with Crippen LogP contribution in [0.4, 0.5) is 5.69 Å². The third kappa shape index (κ3) is 5.76. The molecule has 2 aromatic carbocycles. The minimum Gasteiger partial charge on any atom is -0.496 e. The summed E-state index contributed by atoms with van der Waals surface area (Å²) >= 11 is 0. The number of hydrogen-bond donors (Lipinski definition) is 2.